The van der Waals surface area contributed by atoms with Gasteiger partial charge in [-0.1, -0.05) is 0 Å². The van der Waals surface area contributed by atoms with Crippen molar-refractivity contribution in [3.63, 3.8) is 0 Å². The fraction of sp³-hybridized carbons (Fsp3) is 1.00. The Bertz CT molecular complexity index is 355. The smallest absolute Gasteiger partial charge is 0.229 e. The molecule has 7 heteroatoms. The molecule has 78 valence electrons. The summed E-state index contributed by atoms with van der Waals surface area (Å²) in [5.41, 5.74) is 0. The monoisotopic (exact) mass is 230 g/mol. The highest BCUT2D eigenvalue weighted by molar-refractivity contribution is 7.91. The quantitative estimate of drug-likeness (QED) is 0.631. The highest BCUT2D eigenvalue weighted by Crippen LogP contribution is 2.20. The van der Waals surface area contributed by atoms with Gasteiger partial charge in [0.25, 0.3) is 0 Å². The molecule has 0 amide bonds. The van der Waals surface area contributed by atoms with Crippen LogP contribution in [-0.2, 0) is 20.1 Å². The van der Waals surface area contributed by atoms with E-state index in [1.807, 2.05) is 0 Å². The molecule has 0 unspecified atom stereocenters. The minimum absolute atomic E-state index is 0.0206. The van der Waals surface area contributed by atoms with Gasteiger partial charge in [0.15, 0.2) is 0 Å². The zero-order chi connectivity index (χ0) is 10.1. The summed E-state index contributed by atoms with van der Waals surface area (Å²) in [6.45, 7) is 0. The van der Waals surface area contributed by atoms with Gasteiger partial charge in [-0.3, -0.25) is 0 Å². The molecule has 0 aromatic heterocycles. The predicted molar refractivity (Wildman–Crippen MR) is 46.3 cm³/mol. The van der Waals surface area contributed by atoms with Gasteiger partial charge in [-0.15, -0.1) is 3.89 Å². The standard InChI is InChI=1S/C6H11FO4S2/c7-13(10,11)5-6-1-3-12(8,9)4-2-6/h6H,1-5H2. The Morgan fingerprint density at radius 2 is 1.69 bits per heavy atom. The van der Waals surface area contributed by atoms with Gasteiger partial charge in [0.2, 0.25) is 0 Å². The van der Waals surface area contributed by atoms with Crippen LogP contribution in [0, 0.1) is 5.92 Å². The minimum atomic E-state index is -4.46. The molecule has 0 saturated carbocycles. The van der Waals surface area contributed by atoms with Crippen molar-refractivity contribution in [1.29, 1.82) is 0 Å². The van der Waals surface area contributed by atoms with Crippen LogP contribution in [0.25, 0.3) is 0 Å². The molecule has 1 fully saturated rings. The third-order valence-electron chi connectivity index (χ3n) is 2.11. The molecule has 0 aromatic carbocycles. The van der Waals surface area contributed by atoms with Crippen LogP contribution in [0.15, 0.2) is 0 Å². The van der Waals surface area contributed by atoms with E-state index in [9.17, 15) is 20.7 Å². The lowest BCUT2D eigenvalue weighted by molar-refractivity contribution is 0.479. The Labute approximate surface area is 77.3 Å². The third kappa shape index (κ3) is 4.04. The molecule has 4 nitrogen and oxygen atoms in total. The van der Waals surface area contributed by atoms with E-state index in [-0.39, 0.29) is 30.3 Å². The van der Waals surface area contributed by atoms with Gasteiger partial charge in [-0.25, -0.2) is 8.42 Å². The second-order valence-electron chi connectivity index (χ2n) is 3.30. The number of sulfone groups is 1. The van der Waals surface area contributed by atoms with Crippen LogP contribution in [0.4, 0.5) is 3.89 Å². The molecule has 1 rings (SSSR count). The molecular formula is C6H11FO4S2. The Kier molecular flexibility index (Phi) is 2.96. The van der Waals surface area contributed by atoms with E-state index in [2.05, 4.69) is 0 Å². The summed E-state index contributed by atoms with van der Waals surface area (Å²) in [4.78, 5) is 0. The molecule has 0 N–H and O–H groups in total. The van der Waals surface area contributed by atoms with Crippen molar-refractivity contribution in [2.24, 2.45) is 5.92 Å². The Hall–Kier alpha value is -0.170. The Morgan fingerprint density at radius 3 is 2.08 bits per heavy atom. The largest absolute Gasteiger partial charge is 0.302 e. The maximum absolute atomic E-state index is 12.2. The normalized spacial score (nSPS) is 24.4. The van der Waals surface area contributed by atoms with Crippen molar-refractivity contribution < 1.29 is 20.7 Å². The van der Waals surface area contributed by atoms with Gasteiger partial charge < -0.3 is 0 Å². The van der Waals surface area contributed by atoms with Crippen LogP contribution in [0.5, 0.6) is 0 Å². The number of halogens is 1. The first kappa shape index (κ1) is 10.9. The van der Waals surface area contributed by atoms with E-state index >= 15 is 0 Å². The van der Waals surface area contributed by atoms with Gasteiger partial charge in [0.1, 0.15) is 9.84 Å². The Morgan fingerprint density at radius 1 is 1.23 bits per heavy atom. The summed E-state index contributed by atoms with van der Waals surface area (Å²) < 4.78 is 54.5. The maximum Gasteiger partial charge on any atom is 0.302 e. The minimum Gasteiger partial charge on any atom is -0.229 e. The zero-order valence-corrected chi connectivity index (χ0v) is 8.57. The van der Waals surface area contributed by atoms with Crippen LogP contribution in [-0.4, -0.2) is 34.1 Å². The summed E-state index contributed by atoms with van der Waals surface area (Å²) in [7, 11) is -7.44. The molecular weight excluding hydrogens is 219 g/mol. The lowest BCUT2D eigenvalue weighted by Gasteiger charge is -2.19. The molecule has 0 radical (unpaired) electrons. The first-order valence-corrected chi connectivity index (χ1v) is 7.29. The van der Waals surface area contributed by atoms with E-state index in [0.717, 1.165) is 0 Å². The molecule has 1 saturated heterocycles. The van der Waals surface area contributed by atoms with Crippen molar-refractivity contribution >= 4 is 20.1 Å². The Balaban J connectivity index is 2.52. The van der Waals surface area contributed by atoms with Crippen molar-refractivity contribution in [2.45, 2.75) is 12.8 Å². The summed E-state index contributed by atoms with van der Waals surface area (Å²) in [5, 5.41) is 0. The molecule has 0 aliphatic carbocycles. The number of hydrogen-bond acceptors (Lipinski definition) is 4. The molecule has 13 heavy (non-hydrogen) atoms. The molecule has 0 aromatic rings. The van der Waals surface area contributed by atoms with Gasteiger partial charge in [0, 0.05) is 0 Å². The van der Waals surface area contributed by atoms with E-state index < -0.39 is 25.8 Å². The molecule has 0 spiro atoms. The molecule has 1 aliphatic rings. The van der Waals surface area contributed by atoms with Gasteiger partial charge in [0.05, 0.1) is 17.3 Å². The van der Waals surface area contributed by atoms with E-state index in [4.69, 9.17) is 0 Å². The fourth-order valence-electron chi connectivity index (χ4n) is 1.39. The third-order valence-corrected chi connectivity index (χ3v) is 4.69. The molecule has 0 atom stereocenters. The van der Waals surface area contributed by atoms with Crippen LogP contribution >= 0.6 is 0 Å². The van der Waals surface area contributed by atoms with Crippen molar-refractivity contribution in [3.8, 4) is 0 Å². The maximum atomic E-state index is 12.2. The second-order valence-corrected chi connectivity index (χ2v) is 7.02. The summed E-state index contributed by atoms with van der Waals surface area (Å²) in [6, 6.07) is 0. The lowest BCUT2D eigenvalue weighted by atomic mass is 10.1. The van der Waals surface area contributed by atoms with Gasteiger partial charge in [-0.2, -0.15) is 8.42 Å². The fourth-order valence-corrected chi connectivity index (χ4v) is 3.87. The highest BCUT2D eigenvalue weighted by atomic mass is 32.3. The number of hydrogen-bond donors (Lipinski definition) is 0. The van der Waals surface area contributed by atoms with Crippen LogP contribution < -0.4 is 0 Å². The lowest BCUT2D eigenvalue weighted by Crippen LogP contribution is -2.26. The molecule has 1 aliphatic heterocycles. The van der Waals surface area contributed by atoms with Crippen molar-refractivity contribution in [3.05, 3.63) is 0 Å². The van der Waals surface area contributed by atoms with E-state index in [0.29, 0.717) is 0 Å². The second kappa shape index (κ2) is 3.53. The summed E-state index contributed by atoms with van der Waals surface area (Å²) >= 11 is 0. The van der Waals surface area contributed by atoms with Crippen molar-refractivity contribution in [2.75, 3.05) is 17.3 Å². The first-order valence-electron chi connectivity index (χ1n) is 3.91. The summed E-state index contributed by atoms with van der Waals surface area (Å²) in [6.07, 6.45) is 0.511. The van der Waals surface area contributed by atoms with Crippen LogP contribution in [0.2, 0.25) is 0 Å². The average molecular weight is 230 g/mol. The highest BCUT2D eigenvalue weighted by Gasteiger charge is 2.27. The van der Waals surface area contributed by atoms with Crippen molar-refractivity contribution in [1.82, 2.24) is 0 Å². The first-order chi connectivity index (χ1) is 5.79. The SMILES string of the molecule is O=S(=O)(F)CC1CCS(=O)(=O)CC1. The average Bonchev–Trinajstić information content (AvgIpc) is 1.91. The zero-order valence-electron chi connectivity index (χ0n) is 6.94. The van der Waals surface area contributed by atoms with Gasteiger partial charge >= 0.3 is 10.2 Å². The molecule has 1 heterocycles. The van der Waals surface area contributed by atoms with Crippen LogP contribution in [0.1, 0.15) is 12.8 Å². The predicted octanol–water partition coefficient (Wildman–Crippen LogP) is 0.111. The number of rotatable bonds is 2. The molecule has 0 bridgehead atoms. The van der Waals surface area contributed by atoms with E-state index in [1.54, 1.807) is 0 Å². The topological polar surface area (TPSA) is 68.3 Å². The van der Waals surface area contributed by atoms with Gasteiger partial charge in [-0.05, 0) is 18.8 Å². The van der Waals surface area contributed by atoms with Crippen LogP contribution in [0.3, 0.4) is 0 Å². The van der Waals surface area contributed by atoms with E-state index in [1.165, 1.54) is 0 Å². The summed E-state index contributed by atoms with van der Waals surface area (Å²) in [5.74, 6) is -0.915.